The summed E-state index contributed by atoms with van der Waals surface area (Å²) < 4.78 is 45.1. The van der Waals surface area contributed by atoms with Crippen molar-refractivity contribution in [2.45, 2.75) is 6.61 Å². The molecule has 0 radical (unpaired) electrons. The third-order valence-corrected chi connectivity index (χ3v) is 2.63. The van der Waals surface area contributed by atoms with E-state index in [9.17, 15) is 13.2 Å². The predicted octanol–water partition coefficient (Wildman–Crippen LogP) is 2.97. The van der Waals surface area contributed by atoms with Crippen LogP contribution in [0.25, 0.3) is 0 Å². The lowest BCUT2D eigenvalue weighted by Crippen LogP contribution is -2.11. The molecule has 3 N–H and O–H groups in total. The number of rotatable bonds is 4. The summed E-state index contributed by atoms with van der Waals surface area (Å²) in [5, 5.41) is 7.17. The Labute approximate surface area is 113 Å². The van der Waals surface area contributed by atoms with Crippen molar-refractivity contribution in [2.24, 2.45) is 5.73 Å². The maximum atomic E-state index is 13.6. The van der Waals surface area contributed by atoms with Gasteiger partial charge in [-0.15, -0.1) is 0 Å². The SMILES string of the molecule is N=C(N)c1ccc(OCc2cc(F)ccc2F)c(F)c1. The van der Waals surface area contributed by atoms with Gasteiger partial charge in [0.05, 0.1) is 0 Å². The first kappa shape index (κ1) is 13.9. The molecule has 0 aliphatic carbocycles. The van der Waals surface area contributed by atoms with E-state index in [0.717, 1.165) is 24.3 Å². The van der Waals surface area contributed by atoms with Crippen molar-refractivity contribution in [3.63, 3.8) is 0 Å². The maximum Gasteiger partial charge on any atom is 0.165 e. The van der Waals surface area contributed by atoms with Gasteiger partial charge in [-0.25, -0.2) is 13.2 Å². The van der Waals surface area contributed by atoms with Crippen molar-refractivity contribution in [3.05, 3.63) is 65.0 Å². The van der Waals surface area contributed by atoms with E-state index in [-0.39, 0.29) is 29.3 Å². The van der Waals surface area contributed by atoms with Gasteiger partial charge in [0.1, 0.15) is 24.1 Å². The summed E-state index contributed by atoms with van der Waals surface area (Å²) in [6.07, 6.45) is 0. The minimum atomic E-state index is -0.727. The third kappa shape index (κ3) is 3.09. The largest absolute Gasteiger partial charge is 0.486 e. The molecule has 0 amide bonds. The zero-order valence-electron chi connectivity index (χ0n) is 10.3. The zero-order chi connectivity index (χ0) is 14.7. The van der Waals surface area contributed by atoms with Crippen LogP contribution in [-0.2, 0) is 6.61 Å². The molecule has 0 fully saturated rings. The number of halogens is 3. The number of ether oxygens (including phenoxy) is 1. The van der Waals surface area contributed by atoms with Crippen molar-refractivity contribution in [2.75, 3.05) is 0 Å². The van der Waals surface area contributed by atoms with Crippen LogP contribution in [0.2, 0.25) is 0 Å². The van der Waals surface area contributed by atoms with Gasteiger partial charge in [-0.1, -0.05) is 0 Å². The van der Waals surface area contributed by atoms with Gasteiger partial charge in [0, 0.05) is 11.1 Å². The second kappa shape index (κ2) is 5.64. The van der Waals surface area contributed by atoms with Gasteiger partial charge in [-0.3, -0.25) is 5.41 Å². The first-order chi connectivity index (χ1) is 9.47. The topological polar surface area (TPSA) is 59.1 Å². The van der Waals surface area contributed by atoms with Crippen LogP contribution in [0.15, 0.2) is 36.4 Å². The minimum Gasteiger partial charge on any atom is -0.486 e. The summed E-state index contributed by atoms with van der Waals surface area (Å²) in [4.78, 5) is 0. The van der Waals surface area contributed by atoms with Gasteiger partial charge in [-0.05, 0) is 36.4 Å². The van der Waals surface area contributed by atoms with E-state index in [1.807, 2.05) is 0 Å². The van der Waals surface area contributed by atoms with Crippen LogP contribution in [0, 0.1) is 22.9 Å². The number of amidine groups is 1. The molecule has 0 unspecified atom stereocenters. The molecule has 0 spiro atoms. The molecule has 3 nitrogen and oxygen atoms in total. The number of nitrogens with one attached hydrogen (secondary N) is 1. The number of benzene rings is 2. The van der Waals surface area contributed by atoms with E-state index < -0.39 is 17.5 Å². The number of hydrogen-bond donors (Lipinski definition) is 2. The Morgan fingerprint density at radius 2 is 1.80 bits per heavy atom. The quantitative estimate of drug-likeness (QED) is 0.668. The Morgan fingerprint density at radius 3 is 2.45 bits per heavy atom. The van der Waals surface area contributed by atoms with Crippen molar-refractivity contribution in [3.8, 4) is 5.75 Å². The molecule has 0 saturated heterocycles. The molecule has 0 aromatic heterocycles. The zero-order valence-corrected chi connectivity index (χ0v) is 10.3. The fraction of sp³-hybridized carbons (Fsp3) is 0.0714. The first-order valence-electron chi connectivity index (χ1n) is 5.68. The summed E-state index contributed by atoms with van der Waals surface area (Å²) in [6, 6.07) is 6.67. The monoisotopic (exact) mass is 280 g/mol. The van der Waals surface area contributed by atoms with Crippen LogP contribution in [-0.4, -0.2) is 5.84 Å². The highest BCUT2D eigenvalue weighted by atomic mass is 19.1. The maximum absolute atomic E-state index is 13.6. The highest BCUT2D eigenvalue weighted by molar-refractivity contribution is 5.95. The number of nitrogens with two attached hydrogens (primary N) is 1. The lowest BCUT2D eigenvalue weighted by Gasteiger charge is -2.09. The lowest BCUT2D eigenvalue weighted by atomic mass is 10.2. The Balaban J connectivity index is 2.15. The standard InChI is InChI=1S/C14H11F3N2O/c15-10-2-3-11(16)9(5-10)7-20-13-4-1-8(14(18)19)6-12(13)17/h1-6H,7H2,(H3,18,19). The molecular formula is C14H11F3N2O. The van der Waals surface area contributed by atoms with Crippen LogP contribution in [0.1, 0.15) is 11.1 Å². The van der Waals surface area contributed by atoms with Crippen LogP contribution >= 0.6 is 0 Å². The van der Waals surface area contributed by atoms with Gasteiger partial charge in [0.2, 0.25) is 0 Å². The smallest absolute Gasteiger partial charge is 0.165 e. The Hall–Kier alpha value is -2.50. The number of hydrogen-bond acceptors (Lipinski definition) is 2. The summed E-state index contributed by atoms with van der Waals surface area (Å²) in [5.74, 6) is -2.36. The van der Waals surface area contributed by atoms with Crippen molar-refractivity contribution in [1.29, 1.82) is 5.41 Å². The van der Waals surface area contributed by atoms with Gasteiger partial charge in [0.15, 0.2) is 11.6 Å². The fourth-order valence-electron chi connectivity index (χ4n) is 1.59. The van der Waals surface area contributed by atoms with E-state index in [1.165, 1.54) is 12.1 Å². The second-order valence-corrected chi connectivity index (χ2v) is 4.08. The van der Waals surface area contributed by atoms with Crippen LogP contribution in [0.4, 0.5) is 13.2 Å². The van der Waals surface area contributed by atoms with Crippen LogP contribution in [0.3, 0.4) is 0 Å². The first-order valence-corrected chi connectivity index (χ1v) is 5.68. The predicted molar refractivity (Wildman–Crippen MR) is 68.1 cm³/mol. The third-order valence-electron chi connectivity index (χ3n) is 2.63. The Bertz CT molecular complexity index is 659. The van der Waals surface area contributed by atoms with Gasteiger partial charge < -0.3 is 10.5 Å². The molecule has 2 aromatic rings. The highest BCUT2D eigenvalue weighted by Gasteiger charge is 2.09. The molecule has 0 bridgehead atoms. The molecule has 2 rings (SSSR count). The van der Waals surface area contributed by atoms with Gasteiger partial charge >= 0.3 is 0 Å². The molecule has 0 aliphatic heterocycles. The van der Waals surface area contributed by atoms with E-state index >= 15 is 0 Å². The second-order valence-electron chi connectivity index (χ2n) is 4.08. The fourth-order valence-corrected chi connectivity index (χ4v) is 1.59. The van der Waals surface area contributed by atoms with Crippen molar-refractivity contribution >= 4 is 5.84 Å². The van der Waals surface area contributed by atoms with Crippen LogP contribution < -0.4 is 10.5 Å². The molecule has 20 heavy (non-hydrogen) atoms. The van der Waals surface area contributed by atoms with E-state index in [2.05, 4.69) is 0 Å². The number of nitrogen functional groups attached to an aromatic ring is 1. The molecule has 0 saturated carbocycles. The molecule has 0 aliphatic rings. The molecule has 2 aromatic carbocycles. The van der Waals surface area contributed by atoms with E-state index in [1.54, 1.807) is 0 Å². The normalized spacial score (nSPS) is 10.3. The molecular weight excluding hydrogens is 269 g/mol. The average Bonchev–Trinajstić information content (AvgIpc) is 2.40. The highest BCUT2D eigenvalue weighted by Crippen LogP contribution is 2.20. The summed E-state index contributed by atoms with van der Waals surface area (Å²) in [7, 11) is 0. The molecule has 0 heterocycles. The van der Waals surface area contributed by atoms with E-state index in [4.69, 9.17) is 15.9 Å². The van der Waals surface area contributed by atoms with Crippen LogP contribution in [0.5, 0.6) is 5.75 Å². The van der Waals surface area contributed by atoms with Crippen molar-refractivity contribution < 1.29 is 17.9 Å². The van der Waals surface area contributed by atoms with Gasteiger partial charge in [0.25, 0.3) is 0 Å². The molecule has 104 valence electrons. The minimum absolute atomic E-state index is 0.0138. The summed E-state index contributed by atoms with van der Waals surface area (Å²) >= 11 is 0. The lowest BCUT2D eigenvalue weighted by molar-refractivity contribution is 0.284. The summed E-state index contributed by atoms with van der Waals surface area (Å²) in [5.41, 5.74) is 5.42. The average molecular weight is 280 g/mol. The Kier molecular flexibility index (Phi) is 3.93. The van der Waals surface area contributed by atoms with Gasteiger partial charge in [-0.2, -0.15) is 0 Å². The summed E-state index contributed by atoms with van der Waals surface area (Å²) in [6.45, 7) is -0.306. The van der Waals surface area contributed by atoms with E-state index in [0.29, 0.717) is 0 Å². The molecule has 0 atom stereocenters. The van der Waals surface area contributed by atoms with Crippen molar-refractivity contribution in [1.82, 2.24) is 0 Å². The Morgan fingerprint density at radius 1 is 1.05 bits per heavy atom. The molecule has 6 heteroatoms.